The molecule has 0 bridgehead atoms. The molecular weight excluding hydrogens is 472 g/mol. The van der Waals surface area contributed by atoms with Gasteiger partial charge in [-0.05, 0) is 34.4 Å². The molecule has 174 valence electrons. The number of hydrogen-bond donors (Lipinski definition) is 2. The molecule has 0 atom stereocenters. The van der Waals surface area contributed by atoms with E-state index >= 15 is 0 Å². The van der Waals surface area contributed by atoms with Crippen LogP contribution < -0.4 is 0 Å². The standard InChI is InChI=1S/C34H20O2S/c35-33(29-13-5-1-9-25(29)26-10-2-6-14-30(26)33)21-19-23-17-18-24(37-23)20-22-34(36)31-15-7-3-11-27(31)28-12-4-8-16-32(28)34/h1-18,35-36H. The predicted molar refractivity (Wildman–Crippen MR) is 148 cm³/mol. The maximum Gasteiger partial charge on any atom is 0.178 e. The minimum absolute atomic E-state index is 0.804. The lowest BCUT2D eigenvalue weighted by Gasteiger charge is -2.18. The van der Waals surface area contributed by atoms with E-state index in [1.165, 1.54) is 11.3 Å². The molecule has 1 aromatic heterocycles. The summed E-state index contributed by atoms with van der Waals surface area (Å²) in [5.41, 5.74) is 4.54. The van der Waals surface area contributed by atoms with E-state index in [1.54, 1.807) is 0 Å². The highest BCUT2D eigenvalue weighted by atomic mass is 32.1. The van der Waals surface area contributed by atoms with E-state index in [-0.39, 0.29) is 0 Å². The third kappa shape index (κ3) is 3.23. The van der Waals surface area contributed by atoms with Crippen LogP contribution in [-0.2, 0) is 11.2 Å². The molecule has 0 radical (unpaired) electrons. The average Bonchev–Trinajstić information content (AvgIpc) is 3.59. The largest absolute Gasteiger partial charge is 0.369 e. The monoisotopic (exact) mass is 492 g/mol. The highest BCUT2D eigenvalue weighted by Crippen LogP contribution is 2.48. The zero-order chi connectivity index (χ0) is 25.0. The summed E-state index contributed by atoms with van der Waals surface area (Å²) < 4.78 is 0. The summed E-state index contributed by atoms with van der Waals surface area (Å²) in [4.78, 5) is 1.61. The second-order valence-corrected chi connectivity index (χ2v) is 10.4. The van der Waals surface area contributed by atoms with E-state index in [0.29, 0.717) is 0 Å². The van der Waals surface area contributed by atoms with Crippen LogP contribution in [0.1, 0.15) is 32.0 Å². The first kappa shape index (κ1) is 21.9. The molecule has 0 amide bonds. The van der Waals surface area contributed by atoms with Crippen LogP contribution in [0.25, 0.3) is 22.3 Å². The van der Waals surface area contributed by atoms with Gasteiger partial charge >= 0.3 is 0 Å². The third-order valence-electron chi connectivity index (χ3n) is 7.19. The Balaban J connectivity index is 1.25. The van der Waals surface area contributed by atoms with Crippen LogP contribution in [0.4, 0.5) is 0 Å². The molecule has 0 aliphatic heterocycles. The van der Waals surface area contributed by atoms with E-state index < -0.39 is 11.2 Å². The molecule has 4 aromatic carbocycles. The van der Waals surface area contributed by atoms with Gasteiger partial charge in [0.1, 0.15) is 0 Å². The Kier molecular flexibility index (Phi) is 4.77. The Bertz CT molecular complexity index is 1610. The molecule has 2 aliphatic carbocycles. The van der Waals surface area contributed by atoms with E-state index in [0.717, 1.165) is 54.3 Å². The second-order valence-electron chi connectivity index (χ2n) is 9.27. The van der Waals surface area contributed by atoms with Gasteiger partial charge < -0.3 is 10.2 Å². The lowest BCUT2D eigenvalue weighted by Crippen LogP contribution is -2.22. The van der Waals surface area contributed by atoms with Crippen molar-refractivity contribution in [1.82, 2.24) is 0 Å². The first-order chi connectivity index (χ1) is 18.1. The number of rotatable bonds is 0. The summed E-state index contributed by atoms with van der Waals surface area (Å²) in [5, 5.41) is 23.4. The van der Waals surface area contributed by atoms with Crippen LogP contribution in [0, 0.1) is 23.7 Å². The first-order valence-corrected chi connectivity index (χ1v) is 12.9. The normalized spacial score (nSPS) is 14.8. The van der Waals surface area contributed by atoms with Crippen molar-refractivity contribution in [3.05, 3.63) is 141 Å². The van der Waals surface area contributed by atoms with Crippen LogP contribution >= 0.6 is 11.3 Å². The van der Waals surface area contributed by atoms with Gasteiger partial charge in [-0.3, -0.25) is 0 Å². The molecule has 3 heteroatoms. The molecule has 1 heterocycles. The minimum atomic E-state index is -1.37. The lowest BCUT2D eigenvalue weighted by atomic mass is 9.92. The Morgan fingerprint density at radius 2 is 0.730 bits per heavy atom. The Hall–Kier alpha value is -4.38. The van der Waals surface area contributed by atoms with Crippen molar-refractivity contribution in [2.45, 2.75) is 11.2 Å². The molecule has 0 spiro atoms. The first-order valence-electron chi connectivity index (χ1n) is 12.1. The Morgan fingerprint density at radius 1 is 0.432 bits per heavy atom. The Labute approximate surface area is 219 Å². The van der Waals surface area contributed by atoms with Crippen LogP contribution in [0.5, 0.6) is 0 Å². The van der Waals surface area contributed by atoms with Gasteiger partial charge in [0, 0.05) is 22.3 Å². The number of aliphatic hydroxyl groups is 2. The van der Waals surface area contributed by atoms with E-state index in [4.69, 9.17) is 0 Å². The fraction of sp³-hybridized carbons (Fsp3) is 0.0588. The van der Waals surface area contributed by atoms with Crippen molar-refractivity contribution in [1.29, 1.82) is 0 Å². The summed E-state index contributed by atoms with van der Waals surface area (Å²) in [6.07, 6.45) is 0. The topological polar surface area (TPSA) is 40.5 Å². The van der Waals surface area contributed by atoms with Crippen molar-refractivity contribution in [3.63, 3.8) is 0 Å². The average molecular weight is 493 g/mol. The van der Waals surface area contributed by atoms with Crippen LogP contribution in [0.2, 0.25) is 0 Å². The van der Waals surface area contributed by atoms with E-state index in [9.17, 15) is 10.2 Å². The lowest BCUT2D eigenvalue weighted by molar-refractivity contribution is 0.150. The summed E-state index contributed by atoms with van der Waals surface area (Å²) in [6, 6.07) is 35.3. The molecule has 2 aliphatic rings. The fourth-order valence-corrected chi connectivity index (χ4v) is 6.18. The van der Waals surface area contributed by atoms with Crippen LogP contribution in [0.15, 0.2) is 109 Å². The molecule has 7 rings (SSSR count). The summed E-state index contributed by atoms with van der Waals surface area (Å²) >= 11 is 1.45. The maximum atomic E-state index is 11.7. The van der Waals surface area contributed by atoms with E-state index in [2.05, 4.69) is 23.7 Å². The number of benzene rings is 4. The predicted octanol–water partition coefficient (Wildman–Crippen LogP) is 6.28. The van der Waals surface area contributed by atoms with Crippen LogP contribution in [-0.4, -0.2) is 10.2 Å². The van der Waals surface area contributed by atoms with Gasteiger partial charge in [0.05, 0.1) is 9.75 Å². The van der Waals surface area contributed by atoms with Gasteiger partial charge in [-0.2, -0.15) is 0 Å². The maximum absolute atomic E-state index is 11.7. The number of thiophene rings is 1. The van der Waals surface area contributed by atoms with Crippen molar-refractivity contribution >= 4 is 11.3 Å². The number of fused-ring (bicyclic) bond motifs is 6. The molecule has 0 unspecified atom stereocenters. The highest BCUT2D eigenvalue weighted by molar-refractivity contribution is 7.13. The second kappa shape index (κ2) is 8.07. The molecule has 5 aromatic rings. The van der Waals surface area contributed by atoms with Gasteiger partial charge in [-0.15, -0.1) is 11.3 Å². The van der Waals surface area contributed by atoms with Crippen molar-refractivity contribution in [2.75, 3.05) is 0 Å². The summed E-state index contributed by atoms with van der Waals surface area (Å²) in [7, 11) is 0. The third-order valence-corrected chi connectivity index (χ3v) is 8.10. The molecule has 0 saturated heterocycles. The van der Waals surface area contributed by atoms with Crippen molar-refractivity contribution < 1.29 is 10.2 Å². The van der Waals surface area contributed by atoms with Gasteiger partial charge in [0.15, 0.2) is 11.2 Å². The molecule has 37 heavy (non-hydrogen) atoms. The van der Waals surface area contributed by atoms with Gasteiger partial charge in [-0.25, -0.2) is 0 Å². The molecule has 2 nitrogen and oxygen atoms in total. The van der Waals surface area contributed by atoms with Crippen LogP contribution in [0.3, 0.4) is 0 Å². The summed E-state index contributed by atoms with van der Waals surface area (Å²) in [5.74, 6) is 12.7. The van der Waals surface area contributed by atoms with Gasteiger partial charge in [-0.1, -0.05) is 121 Å². The summed E-state index contributed by atoms with van der Waals surface area (Å²) in [6.45, 7) is 0. The zero-order valence-electron chi connectivity index (χ0n) is 19.7. The fourth-order valence-electron chi connectivity index (χ4n) is 5.47. The van der Waals surface area contributed by atoms with Crippen molar-refractivity contribution in [3.8, 4) is 45.9 Å². The molecular formula is C34H20O2S. The van der Waals surface area contributed by atoms with Gasteiger partial charge in [0.2, 0.25) is 0 Å². The molecule has 0 fully saturated rings. The smallest absolute Gasteiger partial charge is 0.178 e. The molecule has 0 saturated carbocycles. The SMILES string of the molecule is OC1(C#Cc2ccc(C#CC3(O)c4ccccc4-c4ccccc43)s2)c2ccccc2-c2ccccc21. The Morgan fingerprint density at radius 3 is 1.05 bits per heavy atom. The zero-order valence-corrected chi connectivity index (χ0v) is 20.5. The van der Waals surface area contributed by atoms with Crippen molar-refractivity contribution in [2.24, 2.45) is 0 Å². The quantitative estimate of drug-likeness (QED) is 0.250. The van der Waals surface area contributed by atoms with Gasteiger partial charge in [0.25, 0.3) is 0 Å². The number of hydrogen-bond acceptors (Lipinski definition) is 3. The highest BCUT2D eigenvalue weighted by Gasteiger charge is 2.41. The minimum Gasteiger partial charge on any atom is -0.369 e. The van der Waals surface area contributed by atoms with E-state index in [1.807, 2.05) is 109 Å². The molecule has 2 N–H and O–H groups in total.